The van der Waals surface area contributed by atoms with Crippen LogP contribution in [0.4, 0.5) is 34.1 Å². The predicted octanol–water partition coefficient (Wildman–Crippen LogP) is 22.6. The van der Waals surface area contributed by atoms with Gasteiger partial charge in [-0.25, -0.2) is 0 Å². The van der Waals surface area contributed by atoms with Crippen LogP contribution in [0.5, 0.6) is 0 Å². The summed E-state index contributed by atoms with van der Waals surface area (Å²) in [6.07, 6.45) is 0. The highest BCUT2D eigenvalue weighted by Gasteiger charge is 2.24. The average Bonchev–Trinajstić information content (AvgIpc) is 4.45. The summed E-state index contributed by atoms with van der Waals surface area (Å²) in [7, 11) is 0. The van der Waals surface area contributed by atoms with Crippen LogP contribution in [0.2, 0.25) is 0 Å². The van der Waals surface area contributed by atoms with Crippen LogP contribution in [0.15, 0.2) is 236 Å². The molecule has 0 atom stereocenters. The van der Waals surface area contributed by atoms with Crippen molar-refractivity contribution >= 4 is 132 Å². The highest BCUT2D eigenvalue weighted by molar-refractivity contribution is 6.27. The Bertz CT molecular complexity index is 4890. The highest BCUT2D eigenvalue weighted by Crippen LogP contribution is 2.48. The SMILES string of the molecule is Cc1cc(C)c(N(c2ccc3cc(-c4cc5ccccc5o4)ccc3c2)c2ccc3c(c2)oc2ccc4c(ccc5oc6cc(N(c7ccc8cc(-c9cc%10ccccc%10o9)ccc8c7)c7c(C)cc(C)cc7C)ccc6c54)c23)c(C)c1. The maximum Gasteiger partial charge on any atom is 0.137 e. The maximum absolute atomic E-state index is 6.88. The molecule has 0 bridgehead atoms. The summed E-state index contributed by atoms with van der Waals surface area (Å²) in [5.41, 5.74) is 21.0. The monoisotopic (exact) mass is 1060 g/mol. The second-order valence-corrected chi connectivity index (χ2v) is 22.5. The molecule has 16 aromatic rings. The van der Waals surface area contributed by atoms with E-state index in [0.717, 1.165) is 155 Å². The van der Waals surface area contributed by atoms with Crippen molar-refractivity contribution in [2.24, 2.45) is 0 Å². The van der Waals surface area contributed by atoms with Gasteiger partial charge in [-0.1, -0.05) is 108 Å². The Hall–Kier alpha value is -10.3. The van der Waals surface area contributed by atoms with Gasteiger partial charge in [-0.3, -0.25) is 0 Å². The highest BCUT2D eigenvalue weighted by atomic mass is 16.3. The minimum Gasteiger partial charge on any atom is -0.456 e. The molecule has 0 aliphatic rings. The van der Waals surface area contributed by atoms with Crippen molar-refractivity contribution in [3.63, 3.8) is 0 Å². The van der Waals surface area contributed by atoms with Crippen molar-refractivity contribution in [3.05, 3.63) is 252 Å². The van der Waals surface area contributed by atoms with Crippen LogP contribution in [0.1, 0.15) is 33.4 Å². The van der Waals surface area contributed by atoms with Crippen molar-refractivity contribution in [1.82, 2.24) is 0 Å². The standard InChI is InChI=1S/C76H54N2O4/c1-43-31-45(3)75(46(4)32-43)77(57-21-19-49-35-55(17-15-51(49)37-57)69-39-53-11-7-9-13-65(53)79-69)59-23-25-63-71(41-59)81-67-29-27-62-61(73(63)67)28-30-68-74(62)64-26-24-60(42-72(64)82-68)78(76-47(5)33-44(2)34-48(76)6)58-22-20-50-36-56(18-16-52(50)38-58)70-40-54-12-8-10-14-66(54)80-70/h7-42H,1-6H3. The van der Waals surface area contributed by atoms with Gasteiger partial charge in [0.1, 0.15) is 45.0 Å². The average molecular weight is 1060 g/mol. The third-order valence-electron chi connectivity index (χ3n) is 16.9. The molecule has 0 radical (unpaired) electrons. The number of hydrogen-bond acceptors (Lipinski definition) is 6. The lowest BCUT2D eigenvalue weighted by Gasteiger charge is -2.29. The van der Waals surface area contributed by atoms with Gasteiger partial charge in [0.25, 0.3) is 0 Å². The number of furan rings is 4. The summed E-state index contributed by atoms with van der Waals surface area (Å²) >= 11 is 0. The molecule has 4 aromatic heterocycles. The minimum atomic E-state index is 0.826. The van der Waals surface area contributed by atoms with E-state index in [1.807, 2.05) is 36.4 Å². The Morgan fingerprint density at radius 1 is 0.256 bits per heavy atom. The molecule has 392 valence electrons. The molecule has 0 aliphatic heterocycles. The first-order valence-corrected chi connectivity index (χ1v) is 28.1. The van der Waals surface area contributed by atoms with Gasteiger partial charge in [0, 0.05) is 78.3 Å². The van der Waals surface area contributed by atoms with Gasteiger partial charge in [0.15, 0.2) is 0 Å². The molecule has 6 heteroatoms. The zero-order chi connectivity index (χ0) is 55.1. The van der Waals surface area contributed by atoms with Gasteiger partial charge >= 0.3 is 0 Å². The molecule has 6 nitrogen and oxygen atoms in total. The lowest BCUT2D eigenvalue weighted by molar-refractivity contribution is 0.631. The molecule has 4 heterocycles. The van der Waals surface area contributed by atoms with Crippen LogP contribution in [-0.4, -0.2) is 0 Å². The number of aryl methyl sites for hydroxylation is 6. The Kier molecular flexibility index (Phi) is 10.5. The molecule has 0 spiro atoms. The van der Waals surface area contributed by atoms with Gasteiger partial charge in [-0.15, -0.1) is 0 Å². The fraction of sp³-hybridized carbons (Fsp3) is 0.0789. The van der Waals surface area contributed by atoms with Crippen molar-refractivity contribution in [2.45, 2.75) is 41.5 Å². The first-order chi connectivity index (χ1) is 40.0. The summed E-state index contributed by atoms with van der Waals surface area (Å²) in [6.45, 7) is 13.2. The number of rotatable bonds is 8. The number of nitrogens with zero attached hydrogens (tertiary/aromatic N) is 2. The number of para-hydroxylation sites is 2. The smallest absolute Gasteiger partial charge is 0.137 e. The van der Waals surface area contributed by atoms with Crippen LogP contribution in [0.3, 0.4) is 0 Å². The molecular weight excluding hydrogens is 1000 g/mol. The van der Waals surface area contributed by atoms with Gasteiger partial charge in [0.05, 0.1) is 11.4 Å². The van der Waals surface area contributed by atoms with Crippen LogP contribution < -0.4 is 9.80 Å². The molecule has 0 fully saturated rings. The molecule has 16 rings (SSSR count). The first-order valence-electron chi connectivity index (χ1n) is 28.1. The summed E-state index contributed by atoms with van der Waals surface area (Å²) < 4.78 is 26.3. The molecular formula is C76H54N2O4. The quantitative estimate of drug-likeness (QED) is 0.151. The van der Waals surface area contributed by atoms with Crippen LogP contribution >= 0.6 is 0 Å². The Morgan fingerprint density at radius 2 is 0.622 bits per heavy atom. The van der Waals surface area contributed by atoms with E-state index >= 15 is 0 Å². The van der Waals surface area contributed by atoms with E-state index in [1.165, 1.54) is 33.4 Å². The van der Waals surface area contributed by atoms with Crippen molar-refractivity contribution < 1.29 is 17.7 Å². The van der Waals surface area contributed by atoms with E-state index in [0.29, 0.717) is 0 Å². The van der Waals surface area contributed by atoms with E-state index in [-0.39, 0.29) is 0 Å². The van der Waals surface area contributed by atoms with Crippen molar-refractivity contribution in [3.8, 4) is 22.6 Å². The summed E-state index contributed by atoms with van der Waals surface area (Å²) in [5, 5.41) is 13.3. The molecule has 0 saturated carbocycles. The molecule has 82 heavy (non-hydrogen) atoms. The Labute approximate surface area is 473 Å². The summed E-state index contributed by atoms with van der Waals surface area (Å²) in [6, 6.07) is 78.4. The van der Waals surface area contributed by atoms with Crippen molar-refractivity contribution in [2.75, 3.05) is 9.80 Å². The molecule has 0 amide bonds. The van der Waals surface area contributed by atoms with Crippen LogP contribution in [-0.2, 0) is 0 Å². The number of anilines is 6. The number of benzene rings is 12. The fourth-order valence-corrected chi connectivity index (χ4v) is 13.4. The number of fused-ring (bicyclic) bond motifs is 13. The van der Waals surface area contributed by atoms with E-state index < -0.39 is 0 Å². The Balaban J connectivity index is 0.787. The third-order valence-corrected chi connectivity index (χ3v) is 16.9. The fourth-order valence-electron chi connectivity index (χ4n) is 13.4. The van der Waals surface area contributed by atoms with E-state index in [2.05, 4.69) is 233 Å². The third kappa shape index (κ3) is 7.63. The minimum absolute atomic E-state index is 0.826. The van der Waals surface area contributed by atoms with Gasteiger partial charge in [0.2, 0.25) is 0 Å². The topological polar surface area (TPSA) is 59.0 Å². The summed E-state index contributed by atoms with van der Waals surface area (Å²) in [5.74, 6) is 1.73. The zero-order valence-corrected chi connectivity index (χ0v) is 46.3. The van der Waals surface area contributed by atoms with Crippen LogP contribution in [0, 0.1) is 41.5 Å². The lowest BCUT2D eigenvalue weighted by Crippen LogP contribution is -2.13. The van der Waals surface area contributed by atoms with E-state index in [4.69, 9.17) is 17.7 Å². The van der Waals surface area contributed by atoms with Gasteiger partial charge < -0.3 is 27.5 Å². The zero-order valence-electron chi connectivity index (χ0n) is 46.3. The molecule has 0 aliphatic carbocycles. The first kappa shape index (κ1) is 47.7. The Morgan fingerprint density at radius 3 is 1.05 bits per heavy atom. The van der Waals surface area contributed by atoms with E-state index in [1.54, 1.807) is 0 Å². The van der Waals surface area contributed by atoms with Gasteiger partial charge in [-0.2, -0.15) is 0 Å². The largest absolute Gasteiger partial charge is 0.456 e. The van der Waals surface area contributed by atoms with Crippen LogP contribution in [0.25, 0.3) is 121 Å². The van der Waals surface area contributed by atoms with Gasteiger partial charge in [-0.05, 0) is 205 Å². The second kappa shape index (κ2) is 18.1. The maximum atomic E-state index is 6.88. The molecule has 0 N–H and O–H groups in total. The van der Waals surface area contributed by atoms with Crippen molar-refractivity contribution in [1.29, 1.82) is 0 Å². The predicted molar refractivity (Wildman–Crippen MR) is 342 cm³/mol. The second-order valence-electron chi connectivity index (χ2n) is 22.5. The summed E-state index contributed by atoms with van der Waals surface area (Å²) in [4.78, 5) is 4.78. The normalized spacial score (nSPS) is 12.0. The number of hydrogen-bond donors (Lipinski definition) is 0. The molecule has 0 unspecified atom stereocenters. The molecule has 12 aromatic carbocycles. The van der Waals surface area contributed by atoms with E-state index in [9.17, 15) is 0 Å². The molecule has 0 saturated heterocycles. The lowest BCUT2D eigenvalue weighted by atomic mass is 9.98.